The average molecular weight is 374 g/mol. The van der Waals surface area contributed by atoms with Gasteiger partial charge in [-0.05, 0) is 18.4 Å². The fourth-order valence-electron chi connectivity index (χ4n) is 3.27. The summed E-state index contributed by atoms with van der Waals surface area (Å²) in [6.07, 6.45) is 3.86. The van der Waals surface area contributed by atoms with Crippen LogP contribution in [0.3, 0.4) is 0 Å². The van der Waals surface area contributed by atoms with Gasteiger partial charge in [0, 0.05) is 0 Å². The molecule has 0 saturated heterocycles. The number of benzene rings is 1. The molecule has 9 heteroatoms. The quantitative estimate of drug-likeness (QED) is 0.631. The SMILES string of the molecule is NC(=O)C1(NC(=O)N[C@@H](c2ccccc2)c2nnc(N)s2)CCCCC1. The molecule has 138 valence electrons. The zero-order chi connectivity index (χ0) is 18.6. The zero-order valence-electron chi connectivity index (χ0n) is 14.3. The molecule has 1 heterocycles. The summed E-state index contributed by atoms with van der Waals surface area (Å²) < 4.78 is 0. The Bertz CT molecular complexity index is 773. The second kappa shape index (κ2) is 7.69. The van der Waals surface area contributed by atoms with Gasteiger partial charge in [0.25, 0.3) is 0 Å². The van der Waals surface area contributed by atoms with Gasteiger partial charge < -0.3 is 22.1 Å². The Labute approximate surface area is 155 Å². The molecule has 0 unspecified atom stereocenters. The van der Waals surface area contributed by atoms with Gasteiger partial charge in [-0.2, -0.15) is 0 Å². The van der Waals surface area contributed by atoms with Crippen LogP contribution in [0.1, 0.15) is 48.7 Å². The summed E-state index contributed by atoms with van der Waals surface area (Å²) >= 11 is 1.21. The molecule has 3 amide bonds. The number of amides is 3. The van der Waals surface area contributed by atoms with Crippen molar-refractivity contribution in [3.63, 3.8) is 0 Å². The minimum absolute atomic E-state index is 0.323. The van der Waals surface area contributed by atoms with Crippen molar-refractivity contribution in [3.05, 3.63) is 40.9 Å². The number of anilines is 1. The van der Waals surface area contributed by atoms with Gasteiger partial charge >= 0.3 is 6.03 Å². The fourth-order valence-corrected chi connectivity index (χ4v) is 3.96. The lowest BCUT2D eigenvalue weighted by Crippen LogP contribution is -2.60. The predicted molar refractivity (Wildman–Crippen MR) is 99.3 cm³/mol. The van der Waals surface area contributed by atoms with E-state index in [2.05, 4.69) is 20.8 Å². The van der Waals surface area contributed by atoms with Crippen molar-refractivity contribution >= 4 is 28.4 Å². The maximum absolute atomic E-state index is 12.7. The second-order valence-corrected chi connectivity index (χ2v) is 7.47. The molecule has 1 aliphatic rings. The van der Waals surface area contributed by atoms with Crippen LogP contribution in [0.25, 0.3) is 0 Å². The molecule has 0 spiro atoms. The van der Waals surface area contributed by atoms with E-state index in [1.807, 2.05) is 30.3 Å². The van der Waals surface area contributed by atoms with Gasteiger partial charge in [0.05, 0.1) is 0 Å². The molecule has 6 N–H and O–H groups in total. The first-order chi connectivity index (χ1) is 12.5. The van der Waals surface area contributed by atoms with E-state index in [-0.39, 0.29) is 0 Å². The summed E-state index contributed by atoms with van der Waals surface area (Å²) in [6, 6.07) is 8.42. The minimum atomic E-state index is -0.996. The normalized spacial score (nSPS) is 17.2. The molecule has 26 heavy (non-hydrogen) atoms. The number of nitrogens with one attached hydrogen (secondary N) is 2. The first-order valence-corrected chi connectivity index (χ1v) is 9.34. The van der Waals surface area contributed by atoms with Crippen molar-refractivity contribution in [3.8, 4) is 0 Å². The first kappa shape index (κ1) is 18.1. The van der Waals surface area contributed by atoms with Gasteiger partial charge in [0.1, 0.15) is 16.6 Å². The summed E-state index contributed by atoms with van der Waals surface area (Å²) in [5.41, 5.74) is 11.1. The molecule has 3 rings (SSSR count). The Morgan fingerprint density at radius 1 is 1.12 bits per heavy atom. The number of aromatic nitrogens is 2. The van der Waals surface area contributed by atoms with Crippen LogP contribution in [-0.4, -0.2) is 27.7 Å². The summed E-state index contributed by atoms with van der Waals surface area (Å²) in [4.78, 5) is 24.7. The van der Waals surface area contributed by atoms with Crippen molar-refractivity contribution in [2.75, 3.05) is 5.73 Å². The molecule has 1 atom stereocenters. The van der Waals surface area contributed by atoms with Crippen molar-refractivity contribution in [1.29, 1.82) is 0 Å². The highest BCUT2D eigenvalue weighted by Crippen LogP contribution is 2.29. The van der Waals surface area contributed by atoms with E-state index in [0.717, 1.165) is 24.8 Å². The van der Waals surface area contributed by atoms with Gasteiger partial charge in [-0.1, -0.05) is 60.9 Å². The largest absolute Gasteiger partial charge is 0.374 e. The van der Waals surface area contributed by atoms with Crippen LogP contribution in [-0.2, 0) is 4.79 Å². The van der Waals surface area contributed by atoms with E-state index in [1.54, 1.807) is 0 Å². The van der Waals surface area contributed by atoms with Crippen LogP contribution in [0.2, 0.25) is 0 Å². The lowest BCUT2D eigenvalue weighted by molar-refractivity contribution is -0.125. The molecule has 2 aromatic rings. The highest BCUT2D eigenvalue weighted by molar-refractivity contribution is 7.15. The van der Waals surface area contributed by atoms with E-state index in [0.29, 0.717) is 23.0 Å². The van der Waals surface area contributed by atoms with Crippen molar-refractivity contribution in [2.24, 2.45) is 5.73 Å². The van der Waals surface area contributed by atoms with Crippen LogP contribution >= 0.6 is 11.3 Å². The van der Waals surface area contributed by atoms with E-state index < -0.39 is 23.5 Å². The maximum Gasteiger partial charge on any atom is 0.316 e. The van der Waals surface area contributed by atoms with E-state index in [4.69, 9.17) is 11.5 Å². The highest BCUT2D eigenvalue weighted by atomic mass is 32.1. The van der Waals surface area contributed by atoms with Crippen molar-refractivity contribution in [2.45, 2.75) is 43.7 Å². The molecule has 0 radical (unpaired) electrons. The predicted octanol–water partition coefficient (Wildman–Crippen LogP) is 1.70. The number of nitrogens with zero attached hydrogens (tertiary/aromatic N) is 2. The van der Waals surface area contributed by atoms with Gasteiger partial charge in [0.2, 0.25) is 11.0 Å². The number of rotatable bonds is 5. The monoisotopic (exact) mass is 374 g/mol. The summed E-state index contributed by atoms with van der Waals surface area (Å²) in [5, 5.41) is 14.5. The molecular formula is C17H22N6O2S. The van der Waals surface area contributed by atoms with E-state index in [1.165, 1.54) is 11.3 Å². The van der Waals surface area contributed by atoms with Crippen LogP contribution in [0.4, 0.5) is 9.93 Å². The Balaban J connectivity index is 1.80. The molecule has 0 bridgehead atoms. The molecule has 1 aromatic carbocycles. The number of nitrogen functional groups attached to an aromatic ring is 1. The molecule has 8 nitrogen and oxygen atoms in total. The number of hydrogen-bond donors (Lipinski definition) is 4. The third kappa shape index (κ3) is 3.93. The zero-order valence-corrected chi connectivity index (χ0v) is 15.1. The Morgan fingerprint density at radius 2 is 1.81 bits per heavy atom. The fraction of sp³-hybridized carbons (Fsp3) is 0.412. The number of urea groups is 1. The van der Waals surface area contributed by atoms with E-state index >= 15 is 0 Å². The van der Waals surface area contributed by atoms with Crippen LogP contribution in [0.5, 0.6) is 0 Å². The third-order valence-electron chi connectivity index (χ3n) is 4.64. The standard InChI is InChI=1S/C17H22N6O2S/c18-14(24)17(9-5-2-6-10-17)21-16(25)20-12(11-7-3-1-4-8-11)13-22-23-15(19)26-13/h1,3-4,7-8,12H,2,5-6,9-10H2,(H2,18,24)(H2,19,23)(H2,20,21,25)/t12-/m0/s1. The molecule has 1 fully saturated rings. The Kier molecular flexibility index (Phi) is 5.36. The Morgan fingerprint density at radius 3 is 2.38 bits per heavy atom. The van der Waals surface area contributed by atoms with Crippen molar-refractivity contribution < 1.29 is 9.59 Å². The number of carbonyl (C=O) groups is 2. The Hall–Kier alpha value is -2.68. The number of nitrogens with two attached hydrogens (primary N) is 2. The molecule has 1 aromatic heterocycles. The smallest absolute Gasteiger partial charge is 0.316 e. The van der Waals surface area contributed by atoms with Gasteiger partial charge in [-0.3, -0.25) is 4.79 Å². The van der Waals surface area contributed by atoms with E-state index in [9.17, 15) is 9.59 Å². The maximum atomic E-state index is 12.7. The summed E-state index contributed by atoms with van der Waals surface area (Å²) in [5.74, 6) is -0.497. The number of carbonyl (C=O) groups excluding carboxylic acids is 2. The first-order valence-electron chi connectivity index (χ1n) is 8.52. The van der Waals surface area contributed by atoms with Crippen LogP contribution < -0.4 is 22.1 Å². The lowest BCUT2D eigenvalue weighted by atomic mass is 9.81. The molecule has 1 saturated carbocycles. The average Bonchev–Trinajstić information content (AvgIpc) is 3.07. The van der Waals surface area contributed by atoms with Crippen molar-refractivity contribution in [1.82, 2.24) is 20.8 Å². The number of hydrogen-bond acceptors (Lipinski definition) is 6. The third-order valence-corrected chi connectivity index (χ3v) is 5.46. The highest BCUT2D eigenvalue weighted by Gasteiger charge is 2.39. The second-order valence-electron chi connectivity index (χ2n) is 6.43. The molecule has 0 aliphatic heterocycles. The lowest BCUT2D eigenvalue weighted by Gasteiger charge is -2.35. The topological polar surface area (TPSA) is 136 Å². The van der Waals surface area contributed by atoms with Gasteiger partial charge in [-0.25, -0.2) is 4.79 Å². The summed E-state index contributed by atoms with van der Waals surface area (Å²) in [6.45, 7) is 0. The molecule has 1 aliphatic carbocycles. The minimum Gasteiger partial charge on any atom is -0.374 e. The van der Waals surface area contributed by atoms with Gasteiger partial charge in [-0.15, -0.1) is 10.2 Å². The summed E-state index contributed by atoms with van der Waals surface area (Å²) in [7, 11) is 0. The molecular weight excluding hydrogens is 352 g/mol. The number of primary amides is 1. The van der Waals surface area contributed by atoms with Gasteiger partial charge in [0.15, 0.2) is 0 Å². The van der Waals surface area contributed by atoms with Crippen LogP contribution in [0, 0.1) is 0 Å². The van der Waals surface area contributed by atoms with Crippen LogP contribution in [0.15, 0.2) is 30.3 Å².